The van der Waals surface area contributed by atoms with Crippen LogP contribution in [0.2, 0.25) is 0 Å². The van der Waals surface area contributed by atoms with Crippen LogP contribution < -0.4 is 0 Å². The van der Waals surface area contributed by atoms with Crippen molar-refractivity contribution < 1.29 is 81.4 Å². The zero-order chi connectivity index (χ0) is 58.7. The van der Waals surface area contributed by atoms with Crippen molar-refractivity contribution in [1.82, 2.24) is 44.1 Å². The van der Waals surface area contributed by atoms with Gasteiger partial charge in [0.15, 0.2) is 0 Å². The van der Waals surface area contributed by atoms with Crippen LogP contribution in [0.25, 0.3) is 101 Å². The molecule has 3 radical (unpaired) electrons. The van der Waals surface area contributed by atoms with E-state index in [9.17, 15) is 0 Å². The van der Waals surface area contributed by atoms with E-state index < -0.39 is 0 Å². The first-order valence-electron chi connectivity index (χ1n) is 28.4. The molecule has 89 heavy (non-hydrogen) atoms. The van der Waals surface area contributed by atoms with E-state index in [0.717, 1.165) is 67.5 Å². The van der Waals surface area contributed by atoms with E-state index in [1.54, 1.807) is 10.9 Å². The summed E-state index contributed by atoms with van der Waals surface area (Å²) < 4.78 is 7.33. The molecule has 2 aliphatic carbocycles. The Bertz CT molecular complexity index is 4360. The van der Waals surface area contributed by atoms with Gasteiger partial charge >= 0.3 is 0 Å². The Morgan fingerprint density at radius 1 is 0.393 bits per heavy atom. The second-order valence-electron chi connectivity index (χ2n) is 22.3. The van der Waals surface area contributed by atoms with Gasteiger partial charge in [-0.3, -0.25) is 23.7 Å². The van der Waals surface area contributed by atoms with Gasteiger partial charge in [-0.15, -0.1) is 124 Å². The number of aromatic nitrogens is 9. The Morgan fingerprint density at radius 2 is 0.831 bits per heavy atom. The molecule has 0 amide bonds. The first-order valence-corrected chi connectivity index (χ1v) is 28.4. The SMILES string of the molecule is C=Cc1ccc(-n2ccc(-c3[c-]ccc(-c4ccccn4)c3)n2)cc1.Cn1ccc(-c2[c-]cc3c(c2)C(C)(C)c2ccccc2-3)n1.Cn1ccc(-c2[c-]cc3c(c2)C(C)(C)c2ccccc2-3)n1.Cn1ccc(-c2[c-]ccc(-c3ccccc3)c2)n1.[Ir].[Ir].[Ir].[Pt]. The van der Waals surface area contributed by atoms with Crippen LogP contribution >= 0.6 is 0 Å². The molecule has 0 saturated carbocycles. The number of pyridine rings is 1. The van der Waals surface area contributed by atoms with Gasteiger partial charge in [-0.25, -0.2) is 20.4 Å². The minimum absolute atomic E-state index is 0. The third-order valence-corrected chi connectivity index (χ3v) is 15.9. The third kappa shape index (κ3) is 14.4. The number of hydrogen-bond acceptors (Lipinski definition) is 5. The molecule has 0 atom stereocenters. The molecule has 2 aliphatic rings. The normalized spacial score (nSPS) is 12.1. The molecular formula is C76H63Ir3N9Pt-4. The first-order chi connectivity index (χ1) is 41.3. The van der Waals surface area contributed by atoms with Gasteiger partial charge in [0.2, 0.25) is 0 Å². The maximum atomic E-state index is 4.68. The quantitative estimate of drug-likeness (QED) is 0.142. The van der Waals surface area contributed by atoms with Gasteiger partial charge in [-0.05, 0) is 57.3 Å². The summed E-state index contributed by atoms with van der Waals surface area (Å²) in [7, 11) is 5.80. The largest absolute Gasteiger partial charge is 0.285 e. The molecule has 5 aromatic heterocycles. The minimum Gasteiger partial charge on any atom is -0.285 e. The zero-order valence-electron chi connectivity index (χ0n) is 50.1. The Kier molecular flexibility index (Phi) is 22.0. The zero-order valence-corrected chi connectivity index (χ0v) is 59.6. The van der Waals surface area contributed by atoms with Crippen molar-refractivity contribution in [2.45, 2.75) is 38.5 Å². The van der Waals surface area contributed by atoms with Crippen LogP contribution in [0, 0.1) is 24.3 Å². The maximum Gasteiger partial charge on any atom is 0.0636 e. The monoisotopic (exact) mass is 1880 g/mol. The van der Waals surface area contributed by atoms with Crippen molar-refractivity contribution in [3.05, 3.63) is 296 Å². The molecule has 13 heteroatoms. The summed E-state index contributed by atoms with van der Waals surface area (Å²) in [6.45, 7) is 12.9. The number of rotatable bonds is 8. The van der Waals surface area contributed by atoms with E-state index in [1.807, 2.05) is 169 Å². The van der Waals surface area contributed by atoms with Gasteiger partial charge in [0.1, 0.15) is 0 Å². The van der Waals surface area contributed by atoms with Crippen molar-refractivity contribution in [2.24, 2.45) is 21.1 Å². The second kappa shape index (κ2) is 29.2. The topological polar surface area (TPSA) is 84.2 Å². The number of nitrogens with zero attached hydrogens (tertiary/aromatic N) is 9. The molecule has 0 fully saturated rings. The molecule has 0 bridgehead atoms. The van der Waals surface area contributed by atoms with E-state index in [1.165, 1.54) is 55.6 Å². The average molecular weight is 1870 g/mol. The van der Waals surface area contributed by atoms with Crippen LogP contribution in [0.1, 0.15) is 55.5 Å². The predicted octanol–water partition coefficient (Wildman–Crippen LogP) is 17.0. The molecule has 9 nitrogen and oxygen atoms in total. The second-order valence-corrected chi connectivity index (χ2v) is 22.3. The molecule has 0 N–H and O–H groups in total. The summed E-state index contributed by atoms with van der Waals surface area (Å²) in [4.78, 5) is 4.41. The number of benzene rings is 8. The molecule has 0 aliphatic heterocycles. The van der Waals surface area contributed by atoms with Gasteiger partial charge in [0.25, 0.3) is 0 Å². The Balaban J connectivity index is 0.000000152. The number of fused-ring (bicyclic) bond motifs is 6. The van der Waals surface area contributed by atoms with Crippen molar-refractivity contribution in [3.8, 4) is 95.4 Å². The number of aryl methyl sites for hydroxylation is 3. The van der Waals surface area contributed by atoms with Crippen molar-refractivity contribution in [3.63, 3.8) is 0 Å². The molecule has 8 aromatic carbocycles. The van der Waals surface area contributed by atoms with Crippen LogP contribution in [0.3, 0.4) is 0 Å². The molecule has 0 spiro atoms. The van der Waals surface area contributed by atoms with Gasteiger partial charge in [-0.1, -0.05) is 189 Å². The predicted molar refractivity (Wildman–Crippen MR) is 344 cm³/mol. The maximum absolute atomic E-state index is 4.68. The summed E-state index contributed by atoms with van der Waals surface area (Å²) in [5.41, 5.74) is 25.2. The minimum atomic E-state index is 0. The fourth-order valence-corrected chi connectivity index (χ4v) is 11.4. The van der Waals surface area contributed by atoms with Gasteiger partial charge in [0, 0.05) is 156 Å². The van der Waals surface area contributed by atoms with Crippen molar-refractivity contribution in [2.75, 3.05) is 0 Å². The van der Waals surface area contributed by atoms with E-state index in [2.05, 4.69) is 187 Å². The summed E-state index contributed by atoms with van der Waals surface area (Å²) in [6, 6.07) is 83.9. The fraction of sp³-hybridized carbons (Fsp3) is 0.118. The standard InChI is InChI=1S/C22H16N3.2C19H17N2.C16H13N2.3Ir.Pt/c1-2-17-9-11-20(12-10-17)25-15-13-22(24-25)19-7-5-6-18(16-19)21-8-3-4-14-23-21;2*1-19(2)16-7-5-4-6-14(16)15-9-8-13(12-17(15)19)18-10-11-21(3)20-18;1-18-11-10-16(17-18)15-9-5-8-14(12-15)13-6-3-2-4-7-13;;;;/h2-6,8-16H,1H2;2*4-7,9-12H,1-3H3;2-8,10-12H,1H3;;;;/q4*-1;;;;. The van der Waals surface area contributed by atoms with Crippen LogP contribution in [0.4, 0.5) is 0 Å². The smallest absolute Gasteiger partial charge is 0.0636 e. The summed E-state index contributed by atoms with van der Waals surface area (Å²) in [5.74, 6) is 0. The average Bonchev–Trinajstić information content (AvgIpc) is 1.72. The van der Waals surface area contributed by atoms with Crippen molar-refractivity contribution in [1.29, 1.82) is 0 Å². The molecule has 0 unspecified atom stereocenters. The Labute approximate surface area is 577 Å². The van der Waals surface area contributed by atoms with Crippen LogP contribution in [-0.4, -0.2) is 44.1 Å². The first kappa shape index (κ1) is 67.1. The Hall–Kier alpha value is -7.87. The molecule has 13 aromatic rings. The van der Waals surface area contributed by atoms with E-state index in [0.29, 0.717) is 0 Å². The van der Waals surface area contributed by atoms with Gasteiger partial charge in [0.05, 0.1) is 11.4 Å². The molecule has 0 saturated heterocycles. The van der Waals surface area contributed by atoms with Gasteiger partial charge in [-0.2, -0.15) is 0 Å². The van der Waals surface area contributed by atoms with Gasteiger partial charge < -0.3 is 0 Å². The summed E-state index contributed by atoms with van der Waals surface area (Å²) in [6.07, 6.45) is 11.5. The van der Waals surface area contributed by atoms with E-state index in [4.69, 9.17) is 0 Å². The Morgan fingerprint density at radius 3 is 1.30 bits per heavy atom. The summed E-state index contributed by atoms with van der Waals surface area (Å²) in [5, 5.41) is 18.1. The number of hydrogen-bond donors (Lipinski definition) is 0. The van der Waals surface area contributed by atoms with Crippen LogP contribution in [-0.2, 0) is 113 Å². The molecule has 453 valence electrons. The van der Waals surface area contributed by atoms with Crippen LogP contribution in [0.15, 0.2) is 244 Å². The molecule has 15 rings (SSSR count). The molecular weight excluding hydrogens is 1810 g/mol. The van der Waals surface area contributed by atoms with E-state index >= 15 is 0 Å². The third-order valence-electron chi connectivity index (χ3n) is 15.9. The van der Waals surface area contributed by atoms with Crippen LogP contribution in [0.5, 0.6) is 0 Å². The van der Waals surface area contributed by atoms with E-state index in [-0.39, 0.29) is 92.2 Å². The summed E-state index contributed by atoms with van der Waals surface area (Å²) >= 11 is 0. The molecule has 5 heterocycles. The fourth-order valence-electron chi connectivity index (χ4n) is 11.4. The van der Waals surface area contributed by atoms with Crippen molar-refractivity contribution >= 4 is 6.08 Å².